The molecule has 1 aromatic rings. The first-order chi connectivity index (χ1) is 11.4. The van der Waals surface area contributed by atoms with E-state index in [0.29, 0.717) is 0 Å². The van der Waals surface area contributed by atoms with E-state index in [1.54, 1.807) is 0 Å². The third-order valence-corrected chi connectivity index (χ3v) is 6.75. The average Bonchev–Trinajstić information content (AvgIpc) is 3.17. The van der Waals surface area contributed by atoms with E-state index in [-0.39, 0.29) is 5.41 Å². The molecule has 2 saturated carbocycles. The lowest BCUT2D eigenvalue weighted by Crippen LogP contribution is -2.52. The van der Waals surface area contributed by atoms with E-state index >= 15 is 0 Å². The summed E-state index contributed by atoms with van der Waals surface area (Å²) in [6.07, 6.45) is 7.90. The largest absolute Gasteiger partial charge is 0.353 e. The van der Waals surface area contributed by atoms with Crippen LogP contribution in [-0.2, 0) is 5.41 Å². The minimum Gasteiger partial charge on any atom is -0.353 e. The van der Waals surface area contributed by atoms with Crippen LogP contribution in [0.25, 0.3) is 0 Å². The Morgan fingerprint density at radius 1 is 1.08 bits per heavy atom. The zero-order valence-electron chi connectivity index (χ0n) is 15.3. The lowest BCUT2D eigenvalue weighted by Gasteiger charge is -2.41. The molecule has 0 amide bonds. The molecule has 2 bridgehead atoms. The molecule has 0 aromatic carbocycles. The van der Waals surface area contributed by atoms with E-state index < -0.39 is 0 Å². The minimum atomic E-state index is 0.0929. The van der Waals surface area contributed by atoms with Crippen molar-refractivity contribution >= 4 is 17.4 Å². The first-order valence-electron chi connectivity index (χ1n) is 9.57. The molecular formula is C20H30ClN3. The van der Waals surface area contributed by atoms with Crippen molar-refractivity contribution in [3.8, 4) is 0 Å². The van der Waals surface area contributed by atoms with E-state index in [1.807, 2.05) is 6.20 Å². The summed E-state index contributed by atoms with van der Waals surface area (Å²) in [5.74, 6) is 2.98. The van der Waals surface area contributed by atoms with Gasteiger partial charge in [-0.05, 0) is 48.1 Å². The highest BCUT2D eigenvalue weighted by molar-refractivity contribution is 6.33. The van der Waals surface area contributed by atoms with Crippen LogP contribution in [0, 0.1) is 11.8 Å². The molecule has 3 nitrogen and oxygen atoms in total. The van der Waals surface area contributed by atoms with Gasteiger partial charge in [-0.2, -0.15) is 0 Å². The number of anilines is 1. The second-order valence-electron chi connectivity index (χ2n) is 9.04. The minimum absolute atomic E-state index is 0.0929. The van der Waals surface area contributed by atoms with Gasteiger partial charge in [0.2, 0.25) is 0 Å². The fourth-order valence-electron chi connectivity index (χ4n) is 5.00. The van der Waals surface area contributed by atoms with Gasteiger partial charge in [-0.15, -0.1) is 0 Å². The molecule has 3 atom stereocenters. The zero-order valence-corrected chi connectivity index (χ0v) is 16.0. The van der Waals surface area contributed by atoms with Crippen LogP contribution in [0.4, 0.5) is 5.82 Å². The van der Waals surface area contributed by atoms with Gasteiger partial charge >= 0.3 is 0 Å². The Balaban J connectivity index is 1.41. The smallest absolute Gasteiger partial charge is 0.147 e. The van der Waals surface area contributed by atoms with Crippen LogP contribution in [0.3, 0.4) is 0 Å². The number of halogens is 1. The normalized spacial score (nSPS) is 31.0. The van der Waals surface area contributed by atoms with Crippen LogP contribution in [0.15, 0.2) is 12.3 Å². The first-order valence-corrected chi connectivity index (χ1v) is 9.94. The van der Waals surface area contributed by atoms with Crippen molar-refractivity contribution < 1.29 is 0 Å². The van der Waals surface area contributed by atoms with E-state index in [2.05, 4.69) is 36.6 Å². The van der Waals surface area contributed by atoms with E-state index in [9.17, 15) is 0 Å². The number of aromatic nitrogens is 1. The van der Waals surface area contributed by atoms with Gasteiger partial charge in [0.15, 0.2) is 0 Å². The number of piperazine rings is 1. The maximum Gasteiger partial charge on any atom is 0.147 e. The van der Waals surface area contributed by atoms with Gasteiger partial charge in [0.25, 0.3) is 0 Å². The van der Waals surface area contributed by atoms with Gasteiger partial charge in [-0.1, -0.05) is 38.8 Å². The summed E-state index contributed by atoms with van der Waals surface area (Å²) in [7, 11) is 0. The molecule has 1 aromatic heterocycles. The fourth-order valence-corrected chi connectivity index (χ4v) is 5.28. The molecule has 3 aliphatic rings. The molecule has 2 aliphatic carbocycles. The van der Waals surface area contributed by atoms with Crippen LogP contribution in [0.5, 0.6) is 0 Å². The van der Waals surface area contributed by atoms with Gasteiger partial charge in [-0.3, -0.25) is 4.90 Å². The van der Waals surface area contributed by atoms with Crippen LogP contribution >= 0.6 is 11.6 Å². The topological polar surface area (TPSA) is 19.4 Å². The maximum atomic E-state index is 6.57. The number of hydrogen-bond acceptors (Lipinski definition) is 3. The highest BCUT2D eigenvalue weighted by Crippen LogP contribution is 2.46. The van der Waals surface area contributed by atoms with Crippen molar-refractivity contribution in [2.75, 3.05) is 31.1 Å². The van der Waals surface area contributed by atoms with Gasteiger partial charge in [0.05, 0.1) is 5.02 Å². The number of hydrogen-bond donors (Lipinski definition) is 0. The number of nitrogens with zero attached hydrogens (tertiary/aromatic N) is 3. The Bertz CT molecular complexity index is 601. The Labute approximate surface area is 151 Å². The molecule has 0 spiro atoms. The quantitative estimate of drug-likeness (QED) is 0.793. The monoisotopic (exact) mass is 347 g/mol. The van der Waals surface area contributed by atoms with Crippen molar-refractivity contribution in [3.05, 3.63) is 22.8 Å². The molecule has 2 unspecified atom stereocenters. The van der Waals surface area contributed by atoms with E-state index in [4.69, 9.17) is 16.6 Å². The Kier molecular flexibility index (Phi) is 4.29. The lowest BCUT2D eigenvalue weighted by atomic mass is 9.88. The fraction of sp³-hybridized carbons (Fsp3) is 0.750. The van der Waals surface area contributed by atoms with E-state index in [1.165, 1.54) is 31.2 Å². The molecule has 132 valence electrons. The predicted molar refractivity (Wildman–Crippen MR) is 101 cm³/mol. The van der Waals surface area contributed by atoms with E-state index in [0.717, 1.165) is 54.9 Å². The van der Waals surface area contributed by atoms with Crippen LogP contribution in [0.1, 0.15) is 52.0 Å². The third kappa shape index (κ3) is 3.06. The number of rotatable bonds is 2. The van der Waals surface area contributed by atoms with Crippen LogP contribution in [0.2, 0.25) is 5.02 Å². The second kappa shape index (κ2) is 6.17. The third-order valence-electron chi connectivity index (χ3n) is 6.47. The molecule has 0 N–H and O–H groups in total. The summed E-state index contributed by atoms with van der Waals surface area (Å²) in [5, 5.41) is 0.802. The standard InChI is InChI=1S/C20H30ClN3/c1-20(2,3)16-12-17(21)19(22-13-16)24-8-6-23(7-9-24)18-11-14-4-5-15(18)10-14/h12-15,18H,4-11H2,1-3H3/t14?,15?,18-/m0/s1. The lowest BCUT2D eigenvalue weighted by molar-refractivity contribution is 0.134. The Morgan fingerprint density at radius 3 is 2.38 bits per heavy atom. The van der Waals surface area contributed by atoms with Gasteiger partial charge < -0.3 is 4.90 Å². The predicted octanol–water partition coefficient (Wildman–Crippen LogP) is 4.34. The van der Waals surface area contributed by atoms with Crippen molar-refractivity contribution in [2.45, 2.75) is 57.9 Å². The molecule has 24 heavy (non-hydrogen) atoms. The Morgan fingerprint density at radius 2 is 1.83 bits per heavy atom. The SMILES string of the molecule is CC(C)(C)c1cnc(N2CCN([C@H]3CC4CCC3C4)CC2)c(Cl)c1. The van der Waals surface area contributed by atoms with Crippen molar-refractivity contribution in [2.24, 2.45) is 11.8 Å². The Hall–Kier alpha value is -0.800. The van der Waals surface area contributed by atoms with Crippen molar-refractivity contribution in [1.29, 1.82) is 0 Å². The number of pyridine rings is 1. The van der Waals surface area contributed by atoms with Gasteiger partial charge in [-0.25, -0.2) is 4.98 Å². The van der Waals surface area contributed by atoms with Crippen LogP contribution in [-0.4, -0.2) is 42.1 Å². The summed E-state index contributed by atoms with van der Waals surface area (Å²) in [5.41, 5.74) is 1.30. The summed E-state index contributed by atoms with van der Waals surface area (Å²) in [6.45, 7) is 11.0. The second-order valence-corrected chi connectivity index (χ2v) is 9.45. The van der Waals surface area contributed by atoms with Gasteiger partial charge in [0, 0.05) is 38.4 Å². The molecule has 4 heteroatoms. The summed E-state index contributed by atoms with van der Waals surface area (Å²) in [4.78, 5) is 9.83. The van der Waals surface area contributed by atoms with Gasteiger partial charge in [0.1, 0.15) is 5.82 Å². The summed E-state index contributed by atoms with van der Waals surface area (Å²) >= 11 is 6.57. The summed E-state index contributed by atoms with van der Waals surface area (Å²) < 4.78 is 0. The zero-order chi connectivity index (χ0) is 16.9. The highest BCUT2D eigenvalue weighted by Gasteiger charge is 2.42. The van der Waals surface area contributed by atoms with Crippen molar-refractivity contribution in [1.82, 2.24) is 9.88 Å². The highest BCUT2D eigenvalue weighted by atomic mass is 35.5. The van der Waals surface area contributed by atoms with Crippen LogP contribution < -0.4 is 4.90 Å². The molecule has 3 fully saturated rings. The molecule has 0 radical (unpaired) electrons. The number of fused-ring (bicyclic) bond motifs is 2. The van der Waals surface area contributed by atoms with Crippen molar-refractivity contribution in [3.63, 3.8) is 0 Å². The molecule has 1 saturated heterocycles. The average molecular weight is 348 g/mol. The molecule has 2 heterocycles. The molecular weight excluding hydrogens is 318 g/mol. The first kappa shape index (κ1) is 16.7. The maximum absolute atomic E-state index is 6.57. The molecule has 4 rings (SSSR count). The summed E-state index contributed by atoms with van der Waals surface area (Å²) in [6, 6.07) is 2.96. The molecule has 1 aliphatic heterocycles.